The summed E-state index contributed by atoms with van der Waals surface area (Å²) in [5.41, 5.74) is 0.220. The van der Waals surface area contributed by atoms with Crippen molar-refractivity contribution in [2.24, 2.45) is 0 Å². The Morgan fingerprint density at radius 2 is 1.83 bits per heavy atom. The maximum absolute atomic E-state index is 10.7. The van der Waals surface area contributed by atoms with Crippen LogP contribution in [0.2, 0.25) is 5.02 Å². The average molecular weight is 328 g/mol. The zero-order valence-electron chi connectivity index (χ0n) is 9.06. The van der Waals surface area contributed by atoms with Gasteiger partial charge in [0, 0.05) is 5.02 Å². The highest BCUT2D eigenvalue weighted by atomic mass is 79.9. The van der Waals surface area contributed by atoms with Crippen LogP contribution < -0.4 is 4.74 Å². The third kappa shape index (κ3) is 3.03. The number of hydrogen-bond donors (Lipinski definition) is 1. The minimum atomic E-state index is -0.964. The van der Waals surface area contributed by atoms with Gasteiger partial charge in [-0.2, -0.15) is 0 Å². The summed E-state index contributed by atoms with van der Waals surface area (Å²) in [6, 6.07) is 11.4. The number of rotatable bonds is 3. The fraction of sp³-hybridized carbons (Fsp3) is 0. The Morgan fingerprint density at radius 3 is 2.39 bits per heavy atom. The topological polar surface area (TPSA) is 46.5 Å². The molecule has 0 aromatic heterocycles. The minimum Gasteiger partial charge on any atom is -0.478 e. The molecule has 18 heavy (non-hydrogen) atoms. The lowest BCUT2D eigenvalue weighted by Crippen LogP contribution is -1.95. The fourth-order valence-corrected chi connectivity index (χ4v) is 2.11. The highest BCUT2D eigenvalue weighted by Gasteiger charge is 2.05. The minimum absolute atomic E-state index is 0.220. The van der Waals surface area contributed by atoms with Crippen molar-refractivity contribution in [2.45, 2.75) is 0 Å². The van der Waals surface area contributed by atoms with E-state index in [4.69, 9.17) is 21.4 Å². The smallest absolute Gasteiger partial charge is 0.335 e. The van der Waals surface area contributed by atoms with E-state index < -0.39 is 5.97 Å². The predicted molar refractivity (Wildman–Crippen MR) is 72.6 cm³/mol. The largest absolute Gasteiger partial charge is 0.478 e. The molecule has 0 aliphatic rings. The van der Waals surface area contributed by atoms with E-state index in [0.717, 1.165) is 4.47 Å². The van der Waals surface area contributed by atoms with Crippen molar-refractivity contribution in [1.82, 2.24) is 0 Å². The van der Waals surface area contributed by atoms with Crippen molar-refractivity contribution in [3.63, 3.8) is 0 Å². The Balaban J connectivity index is 2.21. The molecule has 2 aromatic carbocycles. The zero-order valence-corrected chi connectivity index (χ0v) is 11.4. The van der Waals surface area contributed by atoms with E-state index in [-0.39, 0.29) is 5.56 Å². The van der Waals surface area contributed by atoms with Crippen molar-refractivity contribution in [2.75, 3.05) is 0 Å². The molecule has 3 nitrogen and oxygen atoms in total. The summed E-state index contributed by atoms with van der Waals surface area (Å²) in [6.07, 6.45) is 0. The van der Waals surface area contributed by atoms with Gasteiger partial charge in [0.15, 0.2) is 0 Å². The summed E-state index contributed by atoms with van der Waals surface area (Å²) < 4.78 is 6.33. The zero-order chi connectivity index (χ0) is 13.1. The van der Waals surface area contributed by atoms with Gasteiger partial charge in [-0.1, -0.05) is 11.6 Å². The lowest BCUT2D eigenvalue weighted by Gasteiger charge is -2.08. The molecule has 0 heterocycles. The lowest BCUT2D eigenvalue weighted by molar-refractivity contribution is 0.0697. The van der Waals surface area contributed by atoms with Gasteiger partial charge < -0.3 is 9.84 Å². The predicted octanol–water partition coefficient (Wildman–Crippen LogP) is 4.59. The van der Waals surface area contributed by atoms with Gasteiger partial charge >= 0.3 is 5.97 Å². The Hall–Kier alpha value is -1.52. The number of carbonyl (C=O) groups is 1. The van der Waals surface area contributed by atoms with Gasteiger partial charge in [-0.3, -0.25) is 0 Å². The molecule has 0 radical (unpaired) electrons. The van der Waals surface area contributed by atoms with Crippen molar-refractivity contribution in [3.8, 4) is 11.5 Å². The molecule has 0 saturated heterocycles. The summed E-state index contributed by atoms with van der Waals surface area (Å²) in [7, 11) is 0. The van der Waals surface area contributed by atoms with Crippen molar-refractivity contribution in [3.05, 3.63) is 57.5 Å². The second kappa shape index (κ2) is 5.42. The number of hydrogen-bond acceptors (Lipinski definition) is 2. The number of benzene rings is 2. The molecule has 0 aliphatic heterocycles. The molecule has 1 N–H and O–H groups in total. The van der Waals surface area contributed by atoms with Gasteiger partial charge in [0.05, 0.1) is 10.0 Å². The number of aromatic carboxylic acids is 1. The van der Waals surface area contributed by atoms with Crippen LogP contribution in [-0.2, 0) is 0 Å². The molecule has 2 aromatic rings. The van der Waals surface area contributed by atoms with Gasteiger partial charge in [-0.15, -0.1) is 0 Å². The first-order valence-corrected chi connectivity index (χ1v) is 6.19. The van der Waals surface area contributed by atoms with Gasteiger partial charge in [0.2, 0.25) is 0 Å². The fourth-order valence-electron chi connectivity index (χ4n) is 1.35. The summed E-state index contributed by atoms with van der Waals surface area (Å²) in [5.74, 6) is 0.208. The molecule has 0 atom stereocenters. The van der Waals surface area contributed by atoms with Gasteiger partial charge in [0.25, 0.3) is 0 Å². The van der Waals surface area contributed by atoms with E-state index in [1.165, 1.54) is 12.1 Å². The second-order valence-electron chi connectivity index (χ2n) is 3.51. The molecule has 0 fully saturated rings. The van der Waals surface area contributed by atoms with Crippen molar-refractivity contribution < 1.29 is 14.6 Å². The number of halogens is 2. The van der Waals surface area contributed by atoms with Crippen LogP contribution in [0.3, 0.4) is 0 Å². The number of ether oxygens (including phenoxy) is 1. The van der Waals surface area contributed by atoms with Crippen LogP contribution in [0.5, 0.6) is 11.5 Å². The van der Waals surface area contributed by atoms with Crippen LogP contribution in [0.15, 0.2) is 46.9 Å². The molecule has 0 spiro atoms. The van der Waals surface area contributed by atoms with Crippen LogP contribution >= 0.6 is 27.5 Å². The molecule has 2 rings (SSSR count). The summed E-state index contributed by atoms with van der Waals surface area (Å²) in [4.78, 5) is 10.7. The van der Waals surface area contributed by atoms with E-state index in [1.54, 1.807) is 30.3 Å². The van der Waals surface area contributed by atoms with Gasteiger partial charge in [0.1, 0.15) is 11.5 Å². The highest BCUT2D eigenvalue weighted by molar-refractivity contribution is 9.10. The molecule has 0 amide bonds. The van der Waals surface area contributed by atoms with Crippen molar-refractivity contribution in [1.29, 1.82) is 0 Å². The molecule has 92 valence electrons. The first kappa shape index (κ1) is 12.9. The van der Waals surface area contributed by atoms with E-state index in [2.05, 4.69) is 15.9 Å². The normalized spacial score (nSPS) is 10.1. The number of carboxylic acids is 1. The Morgan fingerprint density at radius 1 is 1.17 bits per heavy atom. The molecular weight excluding hydrogens is 319 g/mol. The maximum atomic E-state index is 10.7. The third-order valence-electron chi connectivity index (χ3n) is 2.22. The first-order valence-electron chi connectivity index (χ1n) is 5.02. The summed E-state index contributed by atoms with van der Waals surface area (Å²) >= 11 is 9.16. The SMILES string of the molecule is O=C(O)c1ccc(Oc2ccc(Cl)cc2Br)cc1. The molecule has 0 unspecified atom stereocenters. The standard InChI is InChI=1S/C13H8BrClO3/c14-11-7-9(15)3-6-12(11)18-10-4-1-8(2-5-10)13(16)17/h1-7H,(H,16,17). The average Bonchev–Trinajstić information content (AvgIpc) is 2.33. The van der Waals surface area contributed by atoms with Crippen LogP contribution in [0.25, 0.3) is 0 Å². The highest BCUT2D eigenvalue weighted by Crippen LogP contribution is 2.31. The van der Waals surface area contributed by atoms with E-state index in [9.17, 15) is 4.79 Å². The summed E-state index contributed by atoms with van der Waals surface area (Å²) in [6.45, 7) is 0. The van der Waals surface area contributed by atoms with Crippen LogP contribution in [0.4, 0.5) is 0 Å². The summed E-state index contributed by atoms with van der Waals surface area (Å²) in [5, 5.41) is 9.38. The Bertz CT molecular complexity index is 581. The molecule has 0 aliphatic carbocycles. The maximum Gasteiger partial charge on any atom is 0.335 e. The quantitative estimate of drug-likeness (QED) is 0.896. The first-order chi connectivity index (χ1) is 8.56. The van der Waals surface area contributed by atoms with Crippen LogP contribution in [0, 0.1) is 0 Å². The molecular formula is C13H8BrClO3. The molecule has 0 bridgehead atoms. The van der Waals surface area contributed by atoms with Gasteiger partial charge in [-0.25, -0.2) is 4.79 Å². The monoisotopic (exact) mass is 326 g/mol. The van der Waals surface area contributed by atoms with Crippen LogP contribution in [-0.4, -0.2) is 11.1 Å². The van der Waals surface area contributed by atoms with Crippen LogP contribution in [0.1, 0.15) is 10.4 Å². The lowest BCUT2D eigenvalue weighted by atomic mass is 10.2. The van der Waals surface area contributed by atoms with Gasteiger partial charge in [-0.05, 0) is 58.4 Å². The second-order valence-corrected chi connectivity index (χ2v) is 4.80. The van der Waals surface area contributed by atoms with Crippen molar-refractivity contribution >= 4 is 33.5 Å². The molecule has 0 saturated carbocycles. The molecule has 5 heteroatoms. The Kier molecular flexibility index (Phi) is 3.89. The van der Waals surface area contributed by atoms with E-state index in [0.29, 0.717) is 16.5 Å². The van der Waals surface area contributed by atoms with E-state index >= 15 is 0 Å². The third-order valence-corrected chi connectivity index (χ3v) is 3.08. The van der Waals surface area contributed by atoms with E-state index in [1.807, 2.05) is 0 Å². The number of carboxylic acid groups (broad SMARTS) is 1. The Labute approximate surface area is 117 Å².